The molecule has 0 bridgehead atoms. The monoisotopic (exact) mass is 543 g/mol. The highest BCUT2D eigenvalue weighted by Crippen LogP contribution is 2.35. The van der Waals surface area contributed by atoms with E-state index >= 15 is 0 Å². The number of ether oxygens (including phenoxy) is 3. The van der Waals surface area contributed by atoms with Gasteiger partial charge in [0, 0.05) is 38.9 Å². The fraction of sp³-hybridized carbons (Fsp3) is 0.455. The number of aromatic nitrogens is 1. The molecular formula is C33H41N3O4. The predicted octanol–water partition coefficient (Wildman–Crippen LogP) is 5.73. The summed E-state index contributed by atoms with van der Waals surface area (Å²) in [7, 11) is 1.66. The number of hydrogen-bond acceptors (Lipinski definition) is 7. The van der Waals surface area contributed by atoms with Gasteiger partial charge in [0.1, 0.15) is 23.8 Å². The summed E-state index contributed by atoms with van der Waals surface area (Å²) in [6.07, 6.45) is 0.381. The van der Waals surface area contributed by atoms with E-state index in [9.17, 15) is 4.79 Å². The van der Waals surface area contributed by atoms with E-state index in [1.54, 1.807) is 7.11 Å². The lowest BCUT2D eigenvalue weighted by molar-refractivity contribution is -0.165. The number of fused-ring (bicyclic) bond motifs is 1. The van der Waals surface area contributed by atoms with Gasteiger partial charge < -0.3 is 24.4 Å². The molecule has 1 fully saturated rings. The Labute approximate surface area is 237 Å². The molecule has 3 heterocycles. The minimum absolute atomic E-state index is 0.197. The van der Waals surface area contributed by atoms with Crippen LogP contribution in [0.4, 0.5) is 5.82 Å². The number of carbonyl (C=O) groups excluding carboxylic acids is 1. The number of anilines is 1. The summed E-state index contributed by atoms with van der Waals surface area (Å²) in [5.41, 5.74) is 7.66. The average molecular weight is 544 g/mol. The number of esters is 1. The Morgan fingerprint density at radius 3 is 2.65 bits per heavy atom. The number of carbonyl (C=O) groups is 1. The maximum atomic E-state index is 12.8. The second kappa shape index (κ2) is 11.6. The van der Waals surface area contributed by atoms with Crippen molar-refractivity contribution >= 4 is 11.8 Å². The zero-order valence-corrected chi connectivity index (χ0v) is 24.5. The van der Waals surface area contributed by atoms with Gasteiger partial charge in [0.2, 0.25) is 0 Å². The number of benzene rings is 2. The molecule has 7 nitrogen and oxygen atoms in total. The molecule has 0 unspecified atom stereocenters. The van der Waals surface area contributed by atoms with Crippen molar-refractivity contribution in [2.24, 2.45) is 5.92 Å². The molecule has 1 saturated heterocycles. The van der Waals surface area contributed by atoms with Gasteiger partial charge in [-0.15, -0.1) is 0 Å². The molecule has 0 radical (unpaired) electrons. The van der Waals surface area contributed by atoms with E-state index in [2.05, 4.69) is 48.3 Å². The van der Waals surface area contributed by atoms with Crippen molar-refractivity contribution in [1.29, 1.82) is 0 Å². The molecule has 0 saturated carbocycles. The van der Waals surface area contributed by atoms with Crippen molar-refractivity contribution in [3.8, 4) is 17.0 Å². The first-order valence-electron chi connectivity index (χ1n) is 14.2. The number of hydrogen-bond donors (Lipinski definition) is 1. The van der Waals surface area contributed by atoms with Crippen LogP contribution in [0.1, 0.15) is 55.0 Å². The van der Waals surface area contributed by atoms with Crippen LogP contribution in [0.15, 0.2) is 48.5 Å². The minimum atomic E-state index is -0.521. The highest BCUT2D eigenvalue weighted by molar-refractivity contribution is 5.74. The third-order valence-electron chi connectivity index (χ3n) is 7.91. The normalized spacial score (nSPS) is 18.9. The molecule has 212 valence electrons. The van der Waals surface area contributed by atoms with Crippen LogP contribution < -0.4 is 15.0 Å². The molecule has 1 aromatic heterocycles. The molecule has 1 N–H and O–H groups in total. The molecular weight excluding hydrogens is 502 g/mol. The van der Waals surface area contributed by atoms with Crippen LogP contribution in [-0.2, 0) is 34.0 Å². The van der Waals surface area contributed by atoms with Crippen molar-refractivity contribution < 1.29 is 19.0 Å². The molecule has 3 aromatic rings. The van der Waals surface area contributed by atoms with Crippen LogP contribution in [0, 0.1) is 19.8 Å². The molecule has 0 spiro atoms. The van der Waals surface area contributed by atoms with E-state index in [0.717, 1.165) is 41.5 Å². The van der Waals surface area contributed by atoms with Crippen molar-refractivity contribution in [1.82, 2.24) is 10.3 Å². The molecule has 7 heteroatoms. The summed E-state index contributed by atoms with van der Waals surface area (Å²) in [4.78, 5) is 20.1. The van der Waals surface area contributed by atoms with Crippen LogP contribution in [0.5, 0.6) is 5.75 Å². The Morgan fingerprint density at radius 2 is 1.88 bits per heavy atom. The standard InChI is InChI=1S/C33H41N3O4/c1-21-9-7-10-25(31(21)39-20-24-14-13-23-17-34-18-27(23)22(24)2)28-11-8-12-30(35-28)36-16-15-26(29(19-36)38-6)32(37)40-33(3,4)5/h7-14,26,29,34H,15-20H2,1-6H3/t26-,29+/m1/s1. The van der Waals surface area contributed by atoms with E-state index in [1.165, 1.54) is 22.3 Å². The summed E-state index contributed by atoms with van der Waals surface area (Å²) < 4.78 is 17.9. The topological polar surface area (TPSA) is 72.9 Å². The summed E-state index contributed by atoms with van der Waals surface area (Å²) >= 11 is 0. The lowest BCUT2D eigenvalue weighted by atomic mass is 9.93. The molecule has 0 aliphatic carbocycles. The fourth-order valence-electron chi connectivity index (χ4n) is 5.71. The Kier molecular flexibility index (Phi) is 8.15. The maximum Gasteiger partial charge on any atom is 0.312 e. The number of nitrogens with zero attached hydrogens (tertiary/aromatic N) is 2. The van der Waals surface area contributed by atoms with Gasteiger partial charge in [-0.2, -0.15) is 0 Å². The minimum Gasteiger partial charge on any atom is -0.488 e. The van der Waals surface area contributed by atoms with Gasteiger partial charge >= 0.3 is 5.97 Å². The molecule has 2 aliphatic rings. The van der Waals surface area contributed by atoms with Gasteiger partial charge in [0.25, 0.3) is 0 Å². The Balaban J connectivity index is 1.35. The number of aryl methyl sites for hydroxylation is 1. The fourth-order valence-corrected chi connectivity index (χ4v) is 5.71. The zero-order chi connectivity index (χ0) is 28.4. The quantitative estimate of drug-likeness (QED) is 0.382. The van der Waals surface area contributed by atoms with Gasteiger partial charge in [0.05, 0.1) is 17.7 Å². The van der Waals surface area contributed by atoms with E-state index in [-0.39, 0.29) is 18.0 Å². The third-order valence-corrected chi connectivity index (χ3v) is 7.91. The summed E-state index contributed by atoms with van der Waals surface area (Å²) in [6.45, 7) is 13.6. The van der Waals surface area contributed by atoms with Crippen LogP contribution in [-0.4, -0.2) is 42.9 Å². The lowest BCUT2D eigenvalue weighted by Gasteiger charge is -2.38. The smallest absolute Gasteiger partial charge is 0.312 e. The SMILES string of the molecule is CO[C@H]1CN(c2cccc(-c3cccc(C)c3OCc3ccc4c(c3C)CNC4)n2)CC[C@H]1C(=O)OC(C)(C)C. The summed E-state index contributed by atoms with van der Waals surface area (Å²) in [5.74, 6) is 1.22. The second-order valence-corrected chi connectivity index (χ2v) is 11.9. The van der Waals surface area contributed by atoms with Crippen molar-refractivity contribution in [2.75, 3.05) is 25.1 Å². The second-order valence-electron chi connectivity index (χ2n) is 11.9. The van der Waals surface area contributed by atoms with Crippen LogP contribution >= 0.6 is 0 Å². The molecule has 2 aromatic carbocycles. The Morgan fingerprint density at radius 1 is 1.07 bits per heavy atom. The van der Waals surface area contributed by atoms with E-state index in [4.69, 9.17) is 19.2 Å². The number of piperidine rings is 1. The van der Waals surface area contributed by atoms with Gasteiger partial charge in [-0.1, -0.05) is 30.3 Å². The van der Waals surface area contributed by atoms with Crippen LogP contribution in [0.3, 0.4) is 0 Å². The first-order valence-corrected chi connectivity index (χ1v) is 14.2. The number of para-hydroxylation sites is 1. The highest BCUT2D eigenvalue weighted by Gasteiger charge is 2.37. The third kappa shape index (κ3) is 6.01. The zero-order valence-electron chi connectivity index (χ0n) is 24.5. The molecule has 40 heavy (non-hydrogen) atoms. The molecule has 2 atom stereocenters. The van der Waals surface area contributed by atoms with Gasteiger partial charge in [0.15, 0.2) is 0 Å². The highest BCUT2D eigenvalue weighted by atomic mass is 16.6. The van der Waals surface area contributed by atoms with Crippen molar-refractivity contribution in [3.63, 3.8) is 0 Å². The predicted molar refractivity (Wildman–Crippen MR) is 157 cm³/mol. The number of methoxy groups -OCH3 is 1. The average Bonchev–Trinajstić information content (AvgIpc) is 3.42. The Bertz CT molecular complexity index is 1380. The van der Waals surface area contributed by atoms with Crippen LogP contribution in [0.25, 0.3) is 11.3 Å². The van der Waals surface area contributed by atoms with Crippen LogP contribution in [0.2, 0.25) is 0 Å². The first kappa shape index (κ1) is 28.1. The van der Waals surface area contributed by atoms with Gasteiger partial charge in [-0.3, -0.25) is 4.79 Å². The Hall–Kier alpha value is -3.42. The molecule has 2 aliphatic heterocycles. The number of pyridine rings is 1. The van der Waals surface area contributed by atoms with Crippen molar-refractivity contribution in [2.45, 2.75) is 72.4 Å². The number of rotatable bonds is 7. The lowest BCUT2D eigenvalue weighted by Crippen LogP contribution is -2.49. The van der Waals surface area contributed by atoms with E-state index in [0.29, 0.717) is 26.1 Å². The summed E-state index contributed by atoms with van der Waals surface area (Å²) in [6, 6.07) is 16.7. The maximum absolute atomic E-state index is 12.8. The largest absolute Gasteiger partial charge is 0.488 e. The van der Waals surface area contributed by atoms with Crippen molar-refractivity contribution in [3.05, 3.63) is 76.3 Å². The molecule has 5 rings (SSSR count). The number of nitrogens with one attached hydrogen (secondary N) is 1. The van der Waals surface area contributed by atoms with E-state index in [1.807, 2.05) is 45.0 Å². The molecule has 0 amide bonds. The summed E-state index contributed by atoms with van der Waals surface area (Å²) in [5, 5.41) is 3.44. The first-order chi connectivity index (χ1) is 19.1. The van der Waals surface area contributed by atoms with Gasteiger partial charge in [-0.25, -0.2) is 4.98 Å². The van der Waals surface area contributed by atoms with E-state index < -0.39 is 5.60 Å². The van der Waals surface area contributed by atoms with Gasteiger partial charge in [-0.05, 0) is 87.1 Å².